The van der Waals surface area contributed by atoms with Crippen LogP contribution in [0.3, 0.4) is 0 Å². The van der Waals surface area contributed by atoms with Crippen molar-refractivity contribution in [1.29, 1.82) is 0 Å². The molecule has 0 amide bonds. The highest BCUT2D eigenvalue weighted by Gasteiger charge is 1.95. The molecule has 0 radical (unpaired) electrons. The molecule has 0 saturated carbocycles. The lowest BCUT2D eigenvalue weighted by Crippen LogP contribution is -2.00. The third-order valence-electron chi connectivity index (χ3n) is 3.19. The second-order valence-corrected chi connectivity index (χ2v) is 7.13. The average Bonchev–Trinajstić information content (AvgIpc) is 2.58. The van der Waals surface area contributed by atoms with Gasteiger partial charge in [-0.1, -0.05) is 30.3 Å². The summed E-state index contributed by atoms with van der Waals surface area (Å²) in [7, 11) is -3.92. The van der Waals surface area contributed by atoms with E-state index in [1.807, 2.05) is 42.5 Å². The number of hydrogen-bond acceptors (Lipinski definition) is 6. The van der Waals surface area contributed by atoms with Crippen LogP contribution in [0.5, 0.6) is 5.75 Å². The Morgan fingerprint density at radius 3 is 2.12 bits per heavy atom. The molecule has 0 spiro atoms. The van der Waals surface area contributed by atoms with Gasteiger partial charge >= 0.3 is 0 Å². The number of nitrogen functional groups attached to an aromatic ring is 1. The lowest BCUT2D eigenvalue weighted by atomic mass is 10.2. The molecule has 0 atom stereocenters. The minimum absolute atomic E-state index is 0.604. The minimum Gasteiger partial charge on any atom is -0.748 e. The van der Waals surface area contributed by atoms with Crippen LogP contribution in [-0.2, 0) is 21.5 Å². The molecule has 7 heteroatoms. The Kier molecular flexibility index (Phi) is 10.4. The molecule has 2 aromatic carbocycles. The molecule has 0 aliphatic heterocycles. The van der Waals surface area contributed by atoms with Crippen molar-refractivity contribution < 1.29 is 22.4 Å². The summed E-state index contributed by atoms with van der Waals surface area (Å²) in [4.78, 5) is 0. The molecule has 0 aliphatic carbocycles. The van der Waals surface area contributed by atoms with Crippen molar-refractivity contribution in [2.45, 2.75) is 25.9 Å². The van der Waals surface area contributed by atoms with E-state index in [9.17, 15) is 0 Å². The standard InChI is InChI=1S/C18H23NO2.CH4O3S/c19-17-9-11-18(12-10-17)21-14-6-2-5-13-20-15-16-7-3-1-4-8-16;1-5(2,3)4/h1,3-4,7-12H,2,5-6,13-15,19H2;1H3,(H,2,3,4)/p-1. The fourth-order valence-corrected chi connectivity index (χ4v) is 2.00. The van der Waals surface area contributed by atoms with Crippen molar-refractivity contribution >= 4 is 15.8 Å². The topological polar surface area (TPSA) is 102 Å². The van der Waals surface area contributed by atoms with Gasteiger partial charge in [-0.2, -0.15) is 0 Å². The van der Waals surface area contributed by atoms with Gasteiger partial charge in [-0.25, -0.2) is 8.42 Å². The Bertz CT molecular complexity index is 694. The van der Waals surface area contributed by atoms with Gasteiger partial charge in [0.25, 0.3) is 0 Å². The molecule has 0 fully saturated rings. The summed E-state index contributed by atoms with van der Waals surface area (Å²) < 4.78 is 38.5. The Labute approximate surface area is 155 Å². The molecule has 144 valence electrons. The first-order valence-electron chi connectivity index (χ1n) is 8.35. The van der Waals surface area contributed by atoms with E-state index >= 15 is 0 Å². The second-order valence-electron chi connectivity index (χ2n) is 5.72. The van der Waals surface area contributed by atoms with Crippen LogP contribution in [0.25, 0.3) is 0 Å². The molecule has 0 unspecified atom stereocenters. The van der Waals surface area contributed by atoms with Crippen LogP contribution >= 0.6 is 0 Å². The molecular weight excluding hydrogens is 354 g/mol. The number of ether oxygens (including phenoxy) is 2. The fourth-order valence-electron chi connectivity index (χ4n) is 2.00. The van der Waals surface area contributed by atoms with Gasteiger partial charge < -0.3 is 19.8 Å². The van der Waals surface area contributed by atoms with Crippen LogP contribution in [-0.4, -0.2) is 32.4 Å². The largest absolute Gasteiger partial charge is 0.748 e. The summed E-state index contributed by atoms with van der Waals surface area (Å²) in [6, 6.07) is 17.8. The van der Waals surface area contributed by atoms with Gasteiger partial charge in [-0.3, -0.25) is 0 Å². The molecule has 0 aliphatic rings. The first kappa shape index (κ1) is 22.0. The smallest absolute Gasteiger partial charge is 0.119 e. The van der Waals surface area contributed by atoms with Gasteiger partial charge in [0.15, 0.2) is 0 Å². The van der Waals surface area contributed by atoms with E-state index in [2.05, 4.69) is 12.1 Å². The van der Waals surface area contributed by atoms with Crippen LogP contribution in [0.4, 0.5) is 5.69 Å². The highest BCUT2D eigenvalue weighted by atomic mass is 32.2. The summed E-state index contributed by atoms with van der Waals surface area (Å²) in [5, 5.41) is 0. The maximum absolute atomic E-state index is 9.08. The number of benzene rings is 2. The molecule has 2 N–H and O–H groups in total. The number of rotatable bonds is 9. The van der Waals surface area contributed by atoms with Gasteiger partial charge in [0.2, 0.25) is 0 Å². The zero-order chi connectivity index (χ0) is 19.3. The quantitative estimate of drug-likeness (QED) is 0.407. The molecule has 0 aromatic heterocycles. The minimum atomic E-state index is -3.92. The molecular formula is C19H26NO5S-. The predicted molar refractivity (Wildman–Crippen MR) is 102 cm³/mol. The molecule has 26 heavy (non-hydrogen) atoms. The van der Waals surface area contributed by atoms with Crippen molar-refractivity contribution in [1.82, 2.24) is 0 Å². The number of unbranched alkanes of at least 4 members (excludes halogenated alkanes) is 2. The van der Waals surface area contributed by atoms with Crippen molar-refractivity contribution in [2.24, 2.45) is 0 Å². The third-order valence-corrected chi connectivity index (χ3v) is 3.19. The first-order valence-corrected chi connectivity index (χ1v) is 10.2. The normalized spacial score (nSPS) is 10.7. The van der Waals surface area contributed by atoms with Crippen molar-refractivity contribution in [3.8, 4) is 5.75 Å². The average molecular weight is 380 g/mol. The number of nitrogens with two attached hydrogens (primary N) is 1. The van der Waals surface area contributed by atoms with E-state index in [-0.39, 0.29) is 0 Å². The number of hydrogen-bond donors (Lipinski definition) is 1. The lowest BCUT2D eigenvalue weighted by molar-refractivity contribution is 0.116. The van der Waals surface area contributed by atoms with Crippen molar-refractivity contribution in [3.05, 3.63) is 60.2 Å². The van der Waals surface area contributed by atoms with Crippen LogP contribution < -0.4 is 10.5 Å². The molecule has 0 saturated heterocycles. The molecule has 2 rings (SSSR count). The van der Waals surface area contributed by atoms with Gasteiger partial charge in [0.05, 0.1) is 23.3 Å². The fraction of sp³-hybridized carbons (Fsp3) is 0.368. The highest BCUT2D eigenvalue weighted by Crippen LogP contribution is 2.13. The SMILES string of the molecule is CS(=O)(=O)[O-].Nc1ccc(OCCCCCOCc2ccccc2)cc1. The van der Waals surface area contributed by atoms with Gasteiger partial charge in [0.1, 0.15) is 5.75 Å². The van der Waals surface area contributed by atoms with E-state index in [1.54, 1.807) is 0 Å². The zero-order valence-electron chi connectivity index (χ0n) is 15.0. The Balaban J connectivity index is 0.000000597. The molecule has 0 heterocycles. The van der Waals surface area contributed by atoms with Crippen LogP contribution in [0.15, 0.2) is 54.6 Å². The monoisotopic (exact) mass is 380 g/mol. The van der Waals surface area contributed by atoms with E-state index in [4.69, 9.17) is 28.2 Å². The maximum Gasteiger partial charge on any atom is 0.119 e. The maximum atomic E-state index is 9.08. The summed E-state index contributed by atoms with van der Waals surface area (Å²) in [5.74, 6) is 0.879. The molecule has 0 bridgehead atoms. The predicted octanol–water partition coefficient (Wildman–Crippen LogP) is 3.20. The van der Waals surface area contributed by atoms with Crippen molar-refractivity contribution in [2.75, 3.05) is 25.2 Å². The third kappa shape index (κ3) is 13.2. The first-order chi connectivity index (χ1) is 12.3. The summed E-state index contributed by atoms with van der Waals surface area (Å²) >= 11 is 0. The van der Waals surface area contributed by atoms with E-state index < -0.39 is 10.1 Å². The number of anilines is 1. The Morgan fingerprint density at radius 1 is 0.923 bits per heavy atom. The van der Waals surface area contributed by atoms with E-state index in [1.165, 1.54) is 5.56 Å². The van der Waals surface area contributed by atoms with Gasteiger partial charge in [-0.05, 0) is 49.1 Å². The molecule has 2 aromatic rings. The summed E-state index contributed by atoms with van der Waals surface area (Å²) in [5.41, 5.74) is 7.61. The van der Waals surface area contributed by atoms with E-state index in [0.29, 0.717) is 12.9 Å². The van der Waals surface area contributed by atoms with Crippen molar-refractivity contribution in [3.63, 3.8) is 0 Å². The Morgan fingerprint density at radius 2 is 1.50 bits per heavy atom. The second kappa shape index (κ2) is 12.3. The summed E-state index contributed by atoms with van der Waals surface area (Å²) in [6.07, 6.45) is 3.83. The van der Waals surface area contributed by atoms with Gasteiger partial charge in [0, 0.05) is 18.6 Å². The van der Waals surface area contributed by atoms with Crippen LogP contribution in [0, 0.1) is 0 Å². The van der Waals surface area contributed by atoms with Gasteiger partial charge in [-0.15, -0.1) is 0 Å². The molecule has 6 nitrogen and oxygen atoms in total. The van der Waals surface area contributed by atoms with Crippen LogP contribution in [0.1, 0.15) is 24.8 Å². The van der Waals surface area contributed by atoms with Crippen LogP contribution in [0.2, 0.25) is 0 Å². The highest BCUT2D eigenvalue weighted by molar-refractivity contribution is 7.84. The summed E-state index contributed by atoms with van der Waals surface area (Å²) in [6.45, 7) is 2.24. The Hall–Kier alpha value is -2.09. The van der Waals surface area contributed by atoms with E-state index in [0.717, 1.165) is 43.9 Å². The zero-order valence-corrected chi connectivity index (χ0v) is 15.8. The lowest BCUT2D eigenvalue weighted by Gasteiger charge is -2.07.